The van der Waals surface area contributed by atoms with Crippen LogP contribution in [0, 0.1) is 6.92 Å². The summed E-state index contributed by atoms with van der Waals surface area (Å²) in [5.74, 6) is 0.246. The molecule has 1 N–H and O–H groups in total. The Morgan fingerprint density at radius 2 is 2.16 bits per heavy atom. The minimum atomic E-state index is -0.121. The number of nitrogens with one attached hydrogen (secondary N) is 1. The lowest BCUT2D eigenvalue weighted by atomic mass is 10.1. The highest BCUT2D eigenvalue weighted by molar-refractivity contribution is 5.90. The third-order valence-corrected chi connectivity index (χ3v) is 3.01. The van der Waals surface area contributed by atoms with Gasteiger partial charge >= 0.3 is 0 Å². The van der Waals surface area contributed by atoms with Crippen molar-refractivity contribution in [1.29, 1.82) is 0 Å². The number of rotatable bonds is 4. The number of carbonyl (C=O) groups excluding carboxylic acids is 1. The summed E-state index contributed by atoms with van der Waals surface area (Å²) in [6, 6.07) is 0.0228. The zero-order valence-corrected chi connectivity index (χ0v) is 11.3. The van der Waals surface area contributed by atoms with Crippen LogP contribution in [0.15, 0.2) is 24.8 Å². The molecule has 6 nitrogen and oxygen atoms in total. The van der Waals surface area contributed by atoms with E-state index in [1.54, 1.807) is 36.7 Å². The third kappa shape index (κ3) is 3.15. The molecule has 0 unspecified atom stereocenters. The molecular weight excluding hydrogens is 242 g/mol. The highest BCUT2D eigenvalue weighted by atomic mass is 16.2. The molecule has 2 aromatic heterocycles. The molecule has 2 heterocycles. The summed E-state index contributed by atoms with van der Waals surface area (Å²) in [5.41, 5.74) is 1.74. The Bertz CT molecular complexity index is 551. The number of aromatic amines is 1. The summed E-state index contributed by atoms with van der Waals surface area (Å²) in [4.78, 5) is 29.1. The van der Waals surface area contributed by atoms with Gasteiger partial charge in [-0.1, -0.05) is 0 Å². The van der Waals surface area contributed by atoms with Crippen molar-refractivity contribution in [2.45, 2.75) is 26.3 Å². The Kier molecular flexibility index (Phi) is 3.89. The van der Waals surface area contributed by atoms with Crippen LogP contribution in [0.1, 0.15) is 28.9 Å². The van der Waals surface area contributed by atoms with E-state index in [0.29, 0.717) is 12.2 Å². The second-order valence-electron chi connectivity index (χ2n) is 4.58. The van der Waals surface area contributed by atoms with Crippen LogP contribution in [0.5, 0.6) is 0 Å². The van der Waals surface area contributed by atoms with Crippen LogP contribution < -0.4 is 0 Å². The van der Waals surface area contributed by atoms with Gasteiger partial charge in [-0.15, -0.1) is 0 Å². The molecule has 0 aliphatic carbocycles. The maximum atomic E-state index is 12.2. The lowest BCUT2D eigenvalue weighted by molar-refractivity contribution is 0.0731. The summed E-state index contributed by atoms with van der Waals surface area (Å²) in [6.45, 7) is 3.84. The SMILES string of the molecule is Cc1cnc(C(=O)N(C)[C@H](C)Cc2cnccn2)[nH]1. The molecule has 0 bridgehead atoms. The largest absolute Gasteiger partial charge is 0.338 e. The number of likely N-dealkylation sites (N-methyl/N-ethyl adjacent to an activating group) is 1. The van der Waals surface area contributed by atoms with Gasteiger partial charge in [-0.25, -0.2) is 4.98 Å². The monoisotopic (exact) mass is 259 g/mol. The van der Waals surface area contributed by atoms with Crippen molar-refractivity contribution < 1.29 is 4.79 Å². The Morgan fingerprint density at radius 1 is 1.37 bits per heavy atom. The number of H-pyrrole nitrogens is 1. The molecule has 1 atom stereocenters. The topological polar surface area (TPSA) is 74.8 Å². The first kappa shape index (κ1) is 13.2. The van der Waals surface area contributed by atoms with E-state index in [-0.39, 0.29) is 11.9 Å². The number of amides is 1. The number of imidazole rings is 1. The summed E-state index contributed by atoms with van der Waals surface area (Å²) in [7, 11) is 1.77. The summed E-state index contributed by atoms with van der Waals surface area (Å²) in [6.07, 6.45) is 7.31. The van der Waals surface area contributed by atoms with Crippen LogP contribution in [0.3, 0.4) is 0 Å². The highest BCUT2D eigenvalue weighted by Crippen LogP contribution is 2.07. The Morgan fingerprint density at radius 3 is 2.74 bits per heavy atom. The van der Waals surface area contributed by atoms with Gasteiger partial charge in [-0.3, -0.25) is 14.8 Å². The predicted molar refractivity (Wildman–Crippen MR) is 70.6 cm³/mol. The van der Waals surface area contributed by atoms with Crippen LogP contribution in [0.25, 0.3) is 0 Å². The fourth-order valence-corrected chi connectivity index (χ4v) is 1.76. The molecule has 0 saturated heterocycles. The summed E-state index contributed by atoms with van der Waals surface area (Å²) >= 11 is 0. The molecule has 0 radical (unpaired) electrons. The van der Waals surface area contributed by atoms with Gasteiger partial charge in [0.1, 0.15) is 0 Å². The van der Waals surface area contributed by atoms with Crippen LogP contribution in [-0.2, 0) is 6.42 Å². The van der Waals surface area contributed by atoms with Crippen LogP contribution in [0.4, 0.5) is 0 Å². The van der Waals surface area contributed by atoms with Gasteiger partial charge in [0.15, 0.2) is 5.82 Å². The van der Waals surface area contributed by atoms with Crippen molar-refractivity contribution in [2.75, 3.05) is 7.05 Å². The Hall–Kier alpha value is -2.24. The van der Waals surface area contributed by atoms with E-state index >= 15 is 0 Å². The molecule has 0 saturated carbocycles. The van der Waals surface area contributed by atoms with Crippen LogP contribution in [-0.4, -0.2) is 43.8 Å². The van der Waals surface area contributed by atoms with E-state index in [4.69, 9.17) is 0 Å². The molecular formula is C13H17N5O. The maximum absolute atomic E-state index is 12.2. The van der Waals surface area contributed by atoms with Crippen molar-refractivity contribution in [1.82, 2.24) is 24.8 Å². The quantitative estimate of drug-likeness (QED) is 0.895. The fraction of sp³-hybridized carbons (Fsp3) is 0.385. The second-order valence-corrected chi connectivity index (χ2v) is 4.58. The molecule has 0 spiro atoms. The molecule has 2 aromatic rings. The molecule has 100 valence electrons. The summed E-state index contributed by atoms with van der Waals surface area (Å²) < 4.78 is 0. The van der Waals surface area contributed by atoms with Crippen molar-refractivity contribution in [3.05, 3.63) is 42.0 Å². The van der Waals surface area contributed by atoms with Gasteiger partial charge in [-0.2, -0.15) is 0 Å². The molecule has 6 heteroatoms. The molecule has 2 rings (SSSR count). The van der Waals surface area contributed by atoms with E-state index in [1.807, 2.05) is 13.8 Å². The van der Waals surface area contributed by atoms with Crippen molar-refractivity contribution in [2.24, 2.45) is 0 Å². The fourth-order valence-electron chi connectivity index (χ4n) is 1.76. The molecule has 19 heavy (non-hydrogen) atoms. The smallest absolute Gasteiger partial charge is 0.289 e. The molecule has 0 fully saturated rings. The average Bonchev–Trinajstić information content (AvgIpc) is 2.85. The van der Waals surface area contributed by atoms with E-state index < -0.39 is 0 Å². The Balaban J connectivity index is 2.03. The standard InChI is InChI=1S/C13H17N5O/c1-9-7-16-12(17-9)13(19)18(3)10(2)6-11-8-14-4-5-15-11/h4-5,7-8,10H,6H2,1-3H3,(H,16,17)/t10-/m1/s1. The van der Waals surface area contributed by atoms with E-state index in [0.717, 1.165) is 11.4 Å². The predicted octanol–water partition coefficient (Wildman–Crippen LogP) is 1.21. The molecule has 0 aliphatic heterocycles. The van der Waals surface area contributed by atoms with Gasteiger partial charge < -0.3 is 9.88 Å². The van der Waals surface area contributed by atoms with Crippen LogP contribution in [0.2, 0.25) is 0 Å². The van der Waals surface area contributed by atoms with E-state index in [2.05, 4.69) is 19.9 Å². The lowest BCUT2D eigenvalue weighted by Crippen LogP contribution is -2.37. The number of hydrogen-bond acceptors (Lipinski definition) is 4. The van der Waals surface area contributed by atoms with Crippen molar-refractivity contribution in [3.8, 4) is 0 Å². The van der Waals surface area contributed by atoms with Gasteiger partial charge in [0.05, 0.1) is 5.69 Å². The minimum absolute atomic E-state index is 0.0228. The van der Waals surface area contributed by atoms with E-state index in [1.165, 1.54) is 0 Å². The highest BCUT2D eigenvalue weighted by Gasteiger charge is 2.20. The maximum Gasteiger partial charge on any atom is 0.289 e. The number of nitrogens with zero attached hydrogens (tertiary/aromatic N) is 4. The minimum Gasteiger partial charge on any atom is -0.338 e. The van der Waals surface area contributed by atoms with Gasteiger partial charge in [-0.05, 0) is 13.8 Å². The first-order chi connectivity index (χ1) is 9.08. The van der Waals surface area contributed by atoms with Gasteiger partial charge in [0.25, 0.3) is 5.91 Å². The normalized spacial score (nSPS) is 12.2. The summed E-state index contributed by atoms with van der Waals surface area (Å²) in [5, 5.41) is 0. The molecule has 1 amide bonds. The van der Waals surface area contributed by atoms with Gasteiger partial charge in [0.2, 0.25) is 0 Å². The number of carbonyl (C=O) groups is 1. The molecule has 0 aliphatic rings. The van der Waals surface area contributed by atoms with Crippen LogP contribution >= 0.6 is 0 Å². The van der Waals surface area contributed by atoms with Gasteiger partial charge in [0, 0.05) is 50.0 Å². The first-order valence-electron chi connectivity index (χ1n) is 6.11. The Labute approximate surface area is 111 Å². The molecule has 0 aromatic carbocycles. The zero-order valence-electron chi connectivity index (χ0n) is 11.3. The third-order valence-electron chi connectivity index (χ3n) is 3.01. The average molecular weight is 259 g/mol. The first-order valence-corrected chi connectivity index (χ1v) is 6.11. The number of aromatic nitrogens is 4. The zero-order chi connectivity index (χ0) is 13.8. The van der Waals surface area contributed by atoms with Crippen molar-refractivity contribution in [3.63, 3.8) is 0 Å². The van der Waals surface area contributed by atoms with Crippen molar-refractivity contribution >= 4 is 5.91 Å². The second kappa shape index (κ2) is 5.60. The number of hydrogen-bond donors (Lipinski definition) is 1. The van der Waals surface area contributed by atoms with E-state index in [9.17, 15) is 4.79 Å². The number of aryl methyl sites for hydroxylation is 1. The lowest BCUT2D eigenvalue weighted by Gasteiger charge is -2.23.